The van der Waals surface area contributed by atoms with Crippen molar-refractivity contribution in [1.82, 2.24) is 4.72 Å². The van der Waals surface area contributed by atoms with Gasteiger partial charge in [-0.2, -0.15) is 0 Å². The summed E-state index contributed by atoms with van der Waals surface area (Å²) >= 11 is 9.38. The van der Waals surface area contributed by atoms with Crippen LogP contribution in [0, 0.1) is 0 Å². The second-order valence-corrected chi connectivity index (χ2v) is 7.48. The van der Waals surface area contributed by atoms with Gasteiger partial charge >= 0.3 is 0 Å². The summed E-state index contributed by atoms with van der Waals surface area (Å²) in [4.78, 5) is 0.238. The number of nitrogens with one attached hydrogen (secondary N) is 2. The van der Waals surface area contributed by atoms with Crippen LogP contribution in [-0.4, -0.2) is 15.5 Å². The Morgan fingerprint density at radius 1 is 1.14 bits per heavy atom. The fraction of sp³-hybridized carbons (Fsp3) is 0.143. The molecule has 2 N–H and O–H groups in total. The van der Waals surface area contributed by atoms with E-state index in [-0.39, 0.29) is 4.90 Å². The molecule has 0 aliphatic carbocycles. The summed E-state index contributed by atoms with van der Waals surface area (Å²) in [6, 6.07) is 12.3. The first-order valence-electron chi connectivity index (χ1n) is 6.14. The highest BCUT2D eigenvalue weighted by atomic mass is 79.9. The Morgan fingerprint density at radius 3 is 2.38 bits per heavy atom. The first kappa shape index (κ1) is 16.3. The molecule has 2 aromatic carbocycles. The van der Waals surface area contributed by atoms with Crippen LogP contribution in [0.1, 0.15) is 5.56 Å². The number of benzene rings is 2. The Bertz CT molecular complexity index is 733. The molecule has 112 valence electrons. The van der Waals surface area contributed by atoms with Crippen LogP contribution in [0.3, 0.4) is 0 Å². The topological polar surface area (TPSA) is 58.2 Å². The zero-order valence-corrected chi connectivity index (χ0v) is 14.4. The minimum atomic E-state index is -3.39. The second kappa shape index (κ2) is 6.79. The summed E-state index contributed by atoms with van der Waals surface area (Å²) < 4.78 is 26.4. The SMILES string of the molecule is CNS(=O)(=O)c1ccc(NCc2ccc(Br)c(Cl)c2)cc1. The molecule has 0 aliphatic heterocycles. The average Bonchev–Trinajstić information content (AvgIpc) is 2.49. The van der Waals surface area contributed by atoms with E-state index in [0.717, 1.165) is 15.7 Å². The summed E-state index contributed by atoms with van der Waals surface area (Å²) in [5.74, 6) is 0. The van der Waals surface area contributed by atoms with Crippen molar-refractivity contribution in [1.29, 1.82) is 0 Å². The lowest BCUT2D eigenvalue weighted by molar-refractivity contribution is 0.588. The molecule has 21 heavy (non-hydrogen) atoms. The predicted octanol–water partition coefficient (Wildman–Crippen LogP) is 3.62. The fourth-order valence-corrected chi connectivity index (χ4v) is 2.90. The summed E-state index contributed by atoms with van der Waals surface area (Å²) in [5.41, 5.74) is 1.87. The van der Waals surface area contributed by atoms with Gasteiger partial charge in [-0.3, -0.25) is 0 Å². The molecule has 0 atom stereocenters. The van der Waals surface area contributed by atoms with Crippen LogP contribution in [0.25, 0.3) is 0 Å². The summed E-state index contributed by atoms with van der Waals surface area (Å²) in [5, 5.41) is 3.87. The van der Waals surface area contributed by atoms with Crippen molar-refractivity contribution in [3.05, 3.63) is 57.5 Å². The van der Waals surface area contributed by atoms with Crippen LogP contribution in [-0.2, 0) is 16.6 Å². The van der Waals surface area contributed by atoms with Crippen molar-refractivity contribution >= 4 is 43.2 Å². The lowest BCUT2D eigenvalue weighted by Gasteiger charge is -2.08. The predicted molar refractivity (Wildman–Crippen MR) is 89.2 cm³/mol. The van der Waals surface area contributed by atoms with Gasteiger partial charge in [0.1, 0.15) is 0 Å². The third-order valence-corrected chi connectivity index (χ3v) is 5.58. The molecule has 0 amide bonds. The molecule has 0 aromatic heterocycles. The number of hydrogen-bond donors (Lipinski definition) is 2. The largest absolute Gasteiger partial charge is 0.381 e. The Labute approximate surface area is 137 Å². The third-order valence-electron chi connectivity index (χ3n) is 2.91. The lowest BCUT2D eigenvalue weighted by atomic mass is 10.2. The van der Waals surface area contributed by atoms with E-state index in [1.54, 1.807) is 24.3 Å². The van der Waals surface area contributed by atoms with Crippen molar-refractivity contribution in [2.45, 2.75) is 11.4 Å². The van der Waals surface area contributed by atoms with Crippen molar-refractivity contribution in [3.8, 4) is 0 Å². The number of halogens is 2. The molecular weight excluding hydrogens is 376 g/mol. The monoisotopic (exact) mass is 388 g/mol. The van der Waals surface area contributed by atoms with Gasteiger partial charge in [0.25, 0.3) is 0 Å². The molecule has 7 heteroatoms. The highest BCUT2D eigenvalue weighted by Crippen LogP contribution is 2.23. The molecule has 0 spiro atoms. The third kappa shape index (κ3) is 4.20. The lowest BCUT2D eigenvalue weighted by Crippen LogP contribution is -2.18. The molecule has 0 aliphatic rings. The van der Waals surface area contributed by atoms with Crippen LogP contribution >= 0.6 is 27.5 Å². The number of hydrogen-bond acceptors (Lipinski definition) is 3. The second-order valence-electron chi connectivity index (χ2n) is 4.33. The maximum atomic E-state index is 11.6. The maximum absolute atomic E-state index is 11.6. The van der Waals surface area contributed by atoms with Gasteiger partial charge in [-0.25, -0.2) is 13.1 Å². The van der Waals surface area contributed by atoms with E-state index in [0.29, 0.717) is 11.6 Å². The Hall–Kier alpha value is -1.08. The molecule has 0 radical (unpaired) electrons. The number of sulfonamides is 1. The maximum Gasteiger partial charge on any atom is 0.240 e. The fourth-order valence-electron chi connectivity index (χ4n) is 1.72. The Morgan fingerprint density at radius 2 is 1.81 bits per heavy atom. The van der Waals surface area contributed by atoms with Gasteiger partial charge in [0.15, 0.2) is 0 Å². The van der Waals surface area contributed by atoms with Gasteiger partial charge in [0, 0.05) is 16.7 Å². The molecular formula is C14H14BrClN2O2S. The van der Waals surface area contributed by atoms with Crippen molar-refractivity contribution in [2.24, 2.45) is 0 Å². The minimum Gasteiger partial charge on any atom is -0.381 e. The highest BCUT2D eigenvalue weighted by molar-refractivity contribution is 9.10. The van der Waals surface area contributed by atoms with Gasteiger partial charge in [0.05, 0.1) is 9.92 Å². The quantitative estimate of drug-likeness (QED) is 0.821. The highest BCUT2D eigenvalue weighted by Gasteiger charge is 2.10. The van der Waals surface area contributed by atoms with Gasteiger partial charge in [0.2, 0.25) is 10.0 Å². The zero-order valence-electron chi connectivity index (χ0n) is 11.2. The van der Waals surface area contributed by atoms with Crippen molar-refractivity contribution < 1.29 is 8.42 Å². The Kier molecular flexibility index (Phi) is 5.27. The van der Waals surface area contributed by atoms with Crippen molar-refractivity contribution in [2.75, 3.05) is 12.4 Å². The summed E-state index contributed by atoms with van der Waals surface area (Å²) in [6.07, 6.45) is 0. The van der Waals surface area contributed by atoms with Crippen LogP contribution < -0.4 is 10.0 Å². The molecule has 0 saturated carbocycles. The zero-order chi connectivity index (χ0) is 15.5. The molecule has 0 unspecified atom stereocenters. The van der Waals surface area contributed by atoms with E-state index in [1.807, 2.05) is 18.2 Å². The van der Waals surface area contributed by atoms with Crippen LogP contribution in [0.2, 0.25) is 5.02 Å². The number of anilines is 1. The van der Waals surface area contributed by atoms with Crippen LogP contribution in [0.4, 0.5) is 5.69 Å². The average molecular weight is 390 g/mol. The van der Waals surface area contributed by atoms with E-state index >= 15 is 0 Å². The van der Waals surface area contributed by atoms with E-state index in [2.05, 4.69) is 26.0 Å². The minimum absolute atomic E-state index is 0.238. The first-order valence-corrected chi connectivity index (χ1v) is 8.79. The normalized spacial score (nSPS) is 11.4. The first-order chi connectivity index (χ1) is 9.92. The van der Waals surface area contributed by atoms with Crippen LogP contribution in [0.15, 0.2) is 51.8 Å². The Balaban J connectivity index is 2.05. The van der Waals surface area contributed by atoms with Gasteiger partial charge in [-0.05, 0) is 64.9 Å². The van der Waals surface area contributed by atoms with Gasteiger partial charge < -0.3 is 5.32 Å². The summed E-state index contributed by atoms with van der Waals surface area (Å²) in [7, 11) is -2.01. The van der Waals surface area contributed by atoms with Crippen LogP contribution in [0.5, 0.6) is 0 Å². The van der Waals surface area contributed by atoms with Crippen molar-refractivity contribution in [3.63, 3.8) is 0 Å². The van der Waals surface area contributed by atoms with E-state index in [1.165, 1.54) is 7.05 Å². The summed E-state index contributed by atoms with van der Waals surface area (Å²) in [6.45, 7) is 0.602. The standard InChI is InChI=1S/C14H14BrClN2O2S/c1-17-21(19,20)12-5-3-11(4-6-12)18-9-10-2-7-13(15)14(16)8-10/h2-8,17-18H,9H2,1H3. The molecule has 0 fully saturated rings. The molecule has 0 heterocycles. The molecule has 2 rings (SSSR count). The number of rotatable bonds is 5. The van der Waals surface area contributed by atoms with E-state index < -0.39 is 10.0 Å². The van der Waals surface area contributed by atoms with Gasteiger partial charge in [-0.1, -0.05) is 17.7 Å². The van der Waals surface area contributed by atoms with E-state index in [9.17, 15) is 8.42 Å². The smallest absolute Gasteiger partial charge is 0.240 e. The van der Waals surface area contributed by atoms with E-state index in [4.69, 9.17) is 11.6 Å². The molecule has 0 saturated heterocycles. The van der Waals surface area contributed by atoms with Gasteiger partial charge in [-0.15, -0.1) is 0 Å². The molecule has 0 bridgehead atoms. The molecule has 2 aromatic rings. The molecule has 4 nitrogen and oxygen atoms in total.